The molecule has 1 aromatic heterocycles. The van der Waals surface area contributed by atoms with Gasteiger partial charge in [-0.2, -0.15) is 0 Å². The molecule has 2 N–H and O–H groups in total. The van der Waals surface area contributed by atoms with Gasteiger partial charge in [0.2, 0.25) is 6.20 Å². The highest BCUT2D eigenvalue weighted by atomic mass is 15.0. The molecule has 0 radical (unpaired) electrons. The zero-order valence-electron chi connectivity index (χ0n) is 5.63. The van der Waals surface area contributed by atoms with Crippen molar-refractivity contribution >= 4 is 5.82 Å². The molecule has 0 bridgehead atoms. The maximum atomic E-state index is 5.40. The molecule has 0 atom stereocenters. The summed E-state index contributed by atoms with van der Waals surface area (Å²) in [4.78, 5) is 3.90. The Morgan fingerprint density at radius 3 is 2.78 bits per heavy atom. The summed E-state index contributed by atoms with van der Waals surface area (Å²) in [5.74, 6) is 0.558. The molecule has 0 aromatic carbocycles. The third-order valence-electron chi connectivity index (χ3n) is 1.28. The summed E-state index contributed by atoms with van der Waals surface area (Å²) in [6, 6.07) is 0. The van der Waals surface area contributed by atoms with Crippen molar-refractivity contribution in [1.29, 1.82) is 0 Å². The number of nitrogens with two attached hydrogens (primary N) is 1. The Kier molecular flexibility index (Phi) is 1.34. The lowest BCUT2D eigenvalue weighted by Gasteiger charge is -1.91. The van der Waals surface area contributed by atoms with E-state index in [-0.39, 0.29) is 0 Å². The Bertz CT molecular complexity index is 220. The van der Waals surface area contributed by atoms with E-state index in [1.807, 2.05) is 18.5 Å². The smallest absolute Gasteiger partial charge is 0.211 e. The largest absolute Gasteiger partial charge is 0.379 e. The minimum atomic E-state index is 0.558. The van der Waals surface area contributed by atoms with E-state index in [1.165, 1.54) is 0 Å². The molecule has 0 spiro atoms. The number of hydrogen-bond acceptors (Lipinski definition) is 2. The molecule has 0 amide bonds. The van der Waals surface area contributed by atoms with Crippen LogP contribution in [-0.2, 0) is 7.05 Å². The zero-order chi connectivity index (χ0) is 6.85. The normalized spacial score (nSPS) is 9.56. The third-order valence-corrected chi connectivity index (χ3v) is 1.28. The van der Waals surface area contributed by atoms with Crippen LogP contribution in [-0.4, -0.2) is 4.98 Å². The summed E-state index contributed by atoms with van der Waals surface area (Å²) in [5.41, 5.74) is 6.50. The van der Waals surface area contributed by atoms with Crippen LogP contribution in [0.25, 0.3) is 0 Å². The minimum Gasteiger partial charge on any atom is -0.379 e. The Balaban J connectivity index is 3.17. The Morgan fingerprint density at radius 2 is 2.33 bits per heavy atom. The lowest BCUT2D eigenvalue weighted by atomic mass is 10.5. The van der Waals surface area contributed by atoms with Crippen molar-refractivity contribution in [2.75, 3.05) is 5.73 Å². The summed E-state index contributed by atoms with van der Waals surface area (Å²) < 4.78 is 1.93. The first kappa shape index (κ1) is 6.01. The minimum absolute atomic E-state index is 0.558. The van der Waals surface area contributed by atoms with Crippen molar-refractivity contribution in [3.63, 3.8) is 0 Å². The number of aryl methyl sites for hydroxylation is 2. The molecule has 3 heteroatoms. The van der Waals surface area contributed by atoms with Crippen LogP contribution in [0, 0.1) is 6.92 Å². The summed E-state index contributed by atoms with van der Waals surface area (Å²) >= 11 is 0. The van der Waals surface area contributed by atoms with Gasteiger partial charge in [-0.25, -0.2) is 9.55 Å². The van der Waals surface area contributed by atoms with Gasteiger partial charge in [-0.15, -0.1) is 0 Å². The first-order chi connectivity index (χ1) is 4.20. The Morgan fingerprint density at radius 1 is 1.67 bits per heavy atom. The lowest BCUT2D eigenvalue weighted by molar-refractivity contribution is -0.677. The molecule has 1 rings (SSSR count). The standard InChI is InChI=1S/C6H10N3/c1-5-3-8-6(7)4-9(5)2/h3-4H,1-2H3,(H2,7,8)/q+1. The summed E-state index contributed by atoms with van der Waals surface area (Å²) in [5, 5.41) is 0. The van der Waals surface area contributed by atoms with E-state index in [9.17, 15) is 0 Å². The van der Waals surface area contributed by atoms with Gasteiger partial charge >= 0.3 is 0 Å². The molecule has 1 aromatic rings. The summed E-state index contributed by atoms with van der Waals surface area (Å²) in [6.07, 6.45) is 3.53. The summed E-state index contributed by atoms with van der Waals surface area (Å²) in [6.45, 7) is 1.98. The van der Waals surface area contributed by atoms with Crippen LogP contribution in [0.4, 0.5) is 5.82 Å². The Hall–Kier alpha value is -1.12. The molecule has 0 aliphatic rings. The van der Waals surface area contributed by atoms with Crippen LogP contribution in [0.1, 0.15) is 5.69 Å². The van der Waals surface area contributed by atoms with E-state index >= 15 is 0 Å². The number of aromatic nitrogens is 2. The van der Waals surface area contributed by atoms with Crippen LogP contribution >= 0.6 is 0 Å². The van der Waals surface area contributed by atoms with Crippen molar-refractivity contribution in [3.8, 4) is 0 Å². The van der Waals surface area contributed by atoms with Gasteiger partial charge in [-0.1, -0.05) is 0 Å². The molecule has 0 unspecified atom stereocenters. The van der Waals surface area contributed by atoms with Gasteiger partial charge in [0.1, 0.15) is 7.05 Å². The zero-order valence-corrected chi connectivity index (χ0v) is 5.63. The van der Waals surface area contributed by atoms with E-state index in [0.717, 1.165) is 5.69 Å². The van der Waals surface area contributed by atoms with Gasteiger partial charge in [0.15, 0.2) is 11.5 Å². The molecular weight excluding hydrogens is 114 g/mol. The quantitative estimate of drug-likeness (QED) is 0.486. The first-order valence-electron chi connectivity index (χ1n) is 2.78. The number of rotatable bonds is 0. The highest BCUT2D eigenvalue weighted by Gasteiger charge is 1.98. The molecule has 48 valence electrons. The van der Waals surface area contributed by atoms with Gasteiger partial charge in [-0.3, -0.25) is 0 Å². The maximum Gasteiger partial charge on any atom is 0.211 e. The SMILES string of the molecule is Cc1cnc(N)c[n+]1C. The molecule has 0 saturated heterocycles. The van der Waals surface area contributed by atoms with Crippen LogP contribution in [0.3, 0.4) is 0 Å². The maximum absolute atomic E-state index is 5.40. The van der Waals surface area contributed by atoms with Crippen LogP contribution in [0.2, 0.25) is 0 Å². The van der Waals surface area contributed by atoms with Gasteiger partial charge in [0.05, 0.1) is 6.20 Å². The highest BCUT2D eigenvalue weighted by molar-refractivity contribution is 5.19. The Labute approximate surface area is 54.2 Å². The van der Waals surface area contributed by atoms with Gasteiger partial charge in [0.25, 0.3) is 0 Å². The second-order valence-electron chi connectivity index (χ2n) is 2.06. The molecule has 0 saturated carbocycles. The number of anilines is 1. The molecular formula is C6H10N3+. The summed E-state index contributed by atoms with van der Waals surface area (Å²) in [7, 11) is 1.94. The van der Waals surface area contributed by atoms with Gasteiger partial charge in [-0.05, 0) is 0 Å². The van der Waals surface area contributed by atoms with E-state index in [0.29, 0.717) is 5.82 Å². The number of nitrogens with zero attached hydrogens (tertiary/aromatic N) is 2. The van der Waals surface area contributed by atoms with E-state index < -0.39 is 0 Å². The van der Waals surface area contributed by atoms with E-state index in [1.54, 1.807) is 12.4 Å². The van der Waals surface area contributed by atoms with Crippen LogP contribution in [0.5, 0.6) is 0 Å². The van der Waals surface area contributed by atoms with Crippen molar-refractivity contribution < 1.29 is 4.57 Å². The monoisotopic (exact) mass is 124 g/mol. The molecule has 9 heavy (non-hydrogen) atoms. The molecule has 3 nitrogen and oxygen atoms in total. The fourth-order valence-electron chi connectivity index (χ4n) is 0.593. The average Bonchev–Trinajstić information content (AvgIpc) is 1.80. The van der Waals surface area contributed by atoms with Crippen molar-refractivity contribution in [2.45, 2.75) is 6.92 Å². The van der Waals surface area contributed by atoms with Crippen LogP contribution in [0.15, 0.2) is 12.4 Å². The second-order valence-corrected chi connectivity index (χ2v) is 2.06. The van der Waals surface area contributed by atoms with Crippen molar-refractivity contribution in [1.82, 2.24) is 4.98 Å². The fourth-order valence-corrected chi connectivity index (χ4v) is 0.593. The predicted molar refractivity (Wildman–Crippen MR) is 34.6 cm³/mol. The van der Waals surface area contributed by atoms with Gasteiger partial charge in [0, 0.05) is 6.92 Å². The van der Waals surface area contributed by atoms with Gasteiger partial charge < -0.3 is 5.73 Å². The van der Waals surface area contributed by atoms with E-state index in [4.69, 9.17) is 5.73 Å². The van der Waals surface area contributed by atoms with Crippen molar-refractivity contribution in [2.24, 2.45) is 7.05 Å². The topological polar surface area (TPSA) is 42.8 Å². The lowest BCUT2D eigenvalue weighted by Crippen LogP contribution is -2.32. The average molecular weight is 124 g/mol. The number of nitrogen functional groups attached to an aromatic ring is 1. The van der Waals surface area contributed by atoms with Crippen molar-refractivity contribution in [3.05, 3.63) is 18.1 Å². The highest BCUT2D eigenvalue weighted by Crippen LogP contribution is 1.89. The third kappa shape index (κ3) is 1.16. The van der Waals surface area contributed by atoms with E-state index in [2.05, 4.69) is 4.98 Å². The first-order valence-corrected chi connectivity index (χ1v) is 2.78. The molecule has 0 aliphatic carbocycles. The molecule has 0 aliphatic heterocycles. The fraction of sp³-hybridized carbons (Fsp3) is 0.333. The van der Waals surface area contributed by atoms with Crippen LogP contribution < -0.4 is 10.3 Å². The molecule has 0 fully saturated rings. The number of hydrogen-bond donors (Lipinski definition) is 1. The second kappa shape index (κ2) is 2.01. The predicted octanol–water partition coefficient (Wildman–Crippen LogP) is -0.203. The molecule has 1 heterocycles.